The fraction of sp³-hybridized carbons (Fsp3) is 0.385. The van der Waals surface area contributed by atoms with Crippen LogP contribution in [0.15, 0.2) is 29.0 Å². The van der Waals surface area contributed by atoms with Crippen molar-refractivity contribution in [3.63, 3.8) is 0 Å². The van der Waals surface area contributed by atoms with Crippen LogP contribution < -0.4 is 5.32 Å². The van der Waals surface area contributed by atoms with E-state index in [4.69, 9.17) is 0 Å². The molecule has 0 amide bonds. The molecule has 2 nitrogen and oxygen atoms in total. The van der Waals surface area contributed by atoms with Crippen molar-refractivity contribution in [3.8, 4) is 0 Å². The van der Waals surface area contributed by atoms with Crippen LogP contribution in [0.2, 0.25) is 0 Å². The van der Waals surface area contributed by atoms with Crippen molar-refractivity contribution < 1.29 is 5.11 Å². The predicted octanol–water partition coefficient (Wildman–Crippen LogP) is 3.12. The summed E-state index contributed by atoms with van der Waals surface area (Å²) in [6, 6.07) is 6.07. The van der Waals surface area contributed by atoms with Gasteiger partial charge in [0.05, 0.1) is 0 Å². The topological polar surface area (TPSA) is 32.3 Å². The largest absolute Gasteiger partial charge is 0.383 e. The predicted molar refractivity (Wildman–Crippen MR) is 74.7 cm³/mol. The molecule has 4 heteroatoms. The van der Waals surface area contributed by atoms with Gasteiger partial charge in [-0.25, -0.2) is 0 Å². The highest BCUT2D eigenvalue weighted by atomic mass is 32.1. The van der Waals surface area contributed by atoms with Crippen LogP contribution in [0.4, 0.5) is 0 Å². The highest BCUT2D eigenvalue weighted by Crippen LogP contribution is 2.24. The summed E-state index contributed by atoms with van der Waals surface area (Å²) >= 11 is 3.35. The second-order valence-electron chi connectivity index (χ2n) is 4.38. The second kappa shape index (κ2) is 5.31. The summed E-state index contributed by atoms with van der Waals surface area (Å²) in [6.45, 7) is 5.37. The molecular weight excluding hydrogens is 250 g/mol. The van der Waals surface area contributed by atoms with Crippen LogP contribution in [0.3, 0.4) is 0 Å². The van der Waals surface area contributed by atoms with E-state index in [0.29, 0.717) is 6.54 Å². The first kappa shape index (κ1) is 12.8. The summed E-state index contributed by atoms with van der Waals surface area (Å²) < 4.78 is 0. The van der Waals surface area contributed by atoms with Gasteiger partial charge in [-0.1, -0.05) is 6.07 Å². The molecule has 0 spiro atoms. The maximum absolute atomic E-state index is 10.3. The summed E-state index contributed by atoms with van der Waals surface area (Å²) in [5.74, 6) is 0. The summed E-state index contributed by atoms with van der Waals surface area (Å²) in [5.41, 5.74) is 0.539. The molecule has 0 aliphatic carbocycles. The molecule has 1 unspecified atom stereocenters. The van der Waals surface area contributed by atoms with Gasteiger partial charge in [0, 0.05) is 22.8 Å². The summed E-state index contributed by atoms with van der Waals surface area (Å²) in [4.78, 5) is 2.35. The first-order valence-corrected chi connectivity index (χ1v) is 7.35. The van der Waals surface area contributed by atoms with Crippen molar-refractivity contribution in [2.45, 2.75) is 26.0 Å². The van der Waals surface area contributed by atoms with Gasteiger partial charge in [-0.2, -0.15) is 0 Å². The van der Waals surface area contributed by atoms with Crippen molar-refractivity contribution in [3.05, 3.63) is 44.3 Å². The molecule has 0 bridgehead atoms. The molecule has 2 rings (SSSR count). The zero-order valence-electron chi connectivity index (χ0n) is 10.1. The van der Waals surface area contributed by atoms with Crippen molar-refractivity contribution >= 4 is 22.7 Å². The Morgan fingerprint density at radius 3 is 2.71 bits per heavy atom. The monoisotopic (exact) mass is 267 g/mol. The molecule has 0 aromatic carbocycles. The molecule has 0 fully saturated rings. The third kappa shape index (κ3) is 3.16. The lowest BCUT2D eigenvalue weighted by Crippen LogP contribution is -2.34. The Kier molecular flexibility index (Phi) is 3.99. The van der Waals surface area contributed by atoms with Crippen LogP contribution in [0.1, 0.15) is 22.2 Å². The van der Waals surface area contributed by atoms with E-state index >= 15 is 0 Å². The third-order valence-corrected chi connectivity index (χ3v) is 4.92. The van der Waals surface area contributed by atoms with Gasteiger partial charge in [-0.15, -0.1) is 22.7 Å². The zero-order chi connectivity index (χ0) is 12.3. The summed E-state index contributed by atoms with van der Waals surface area (Å²) in [7, 11) is 0. The second-order valence-corrected chi connectivity index (χ2v) is 6.33. The standard InChI is InChI=1S/C13H17NOS2/c1-10-5-7-16-11(10)8-14-9-13(2,15)12-4-3-6-17-12/h3-7,14-15H,8-9H2,1-2H3. The number of hydrogen-bond donors (Lipinski definition) is 2. The Hall–Kier alpha value is -0.680. The minimum absolute atomic E-state index is 0.574. The number of nitrogens with one attached hydrogen (secondary N) is 1. The van der Waals surface area contributed by atoms with Gasteiger partial charge >= 0.3 is 0 Å². The van der Waals surface area contributed by atoms with Crippen LogP contribution in [-0.2, 0) is 12.1 Å². The average molecular weight is 267 g/mol. The molecule has 2 heterocycles. The lowest BCUT2D eigenvalue weighted by atomic mass is 10.1. The molecule has 0 aliphatic heterocycles. The van der Waals surface area contributed by atoms with Crippen molar-refractivity contribution in [1.82, 2.24) is 5.32 Å². The maximum atomic E-state index is 10.3. The van der Waals surface area contributed by atoms with Gasteiger partial charge < -0.3 is 10.4 Å². The highest BCUT2D eigenvalue weighted by Gasteiger charge is 2.23. The van der Waals surface area contributed by atoms with Crippen LogP contribution in [0.5, 0.6) is 0 Å². The quantitative estimate of drug-likeness (QED) is 0.872. The van der Waals surface area contributed by atoms with Crippen LogP contribution >= 0.6 is 22.7 Å². The maximum Gasteiger partial charge on any atom is 0.108 e. The van der Waals surface area contributed by atoms with Crippen molar-refractivity contribution in [1.29, 1.82) is 0 Å². The molecule has 17 heavy (non-hydrogen) atoms. The van der Waals surface area contributed by atoms with E-state index in [1.165, 1.54) is 10.4 Å². The third-order valence-electron chi connectivity index (χ3n) is 2.77. The Labute approximate surface area is 110 Å². The molecule has 1 atom stereocenters. The minimum Gasteiger partial charge on any atom is -0.383 e. The summed E-state index contributed by atoms with van der Waals surface area (Å²) in [5, 5.41) is 17.7. The molecule has 0 saturated heterocycles. The van der Waals surface area contributed by atoms with E-state index in [9.17, 15) is 5.11 Å². The smallest absolute Gasteiger partial charge is 0.108 e. The summed E-state index contributed by atoms with van der Waals surface area (Å²) in [6.07, 6.45) is 0. The van der Waals surface area contributed by atoms with E-state index < -0.39 is 5.60 Å². The van der Waals surface area contributed by atoms with Gasteiger partial charge in [-0.05, 0) is 42.3 Å². The lowest BCUT2D eigenvalue weighted by molar-refractivity contribution is 0.0605. The molecule has 0 radical (unpaired) electrons. The molecule has 92 valence electrons. The number of rotatable bonds is 5. The Morgan fingerprint density at radius 2 is 2.12 bits per heavy atom. The molecular formula is C13H17NOS2. The van der Waals surface area contributed by atoms with Gasteiger partial charge in [0.25, 0.3) is 0 Å². The zero-order valence-corrected chi connectivity index (χ0v) is 11.7. The molecule has 2 N–H and O–H groups in total. The van der Waals surface area contributed by atoms with E-state index in [1.54, 1.807) is 22.7 Å². The Morgan fingerprint density at radius 1 is 1.29 bits per heavy atom. The molecule has 0 aliphatic rings. The minimum atomic E-state index is -0.778. The van der Waals surface area contributed by atoms with E-state index in [1.807, 2.05) is 24.4 Å². The lowest BCUT2D eigenvalue weighted by Gasteiger charge is -2.22. The van der Waals surface area contributed by atoms with E-state index in [0.717, 1.165) is 11.4 Å². The molecule has 0 saturated carbocycles. The average Bonchev–Trinajstić information content (AvgIpc) is 2.90. The molecule has 2 aromatic heterocycles. The van der Waals surface area contributed by atoms with Crippen LogP contribution in [0, 0.1) is 6.92 Å². The highest BCUT2D eigenvalue weighted by molar-refractivity contribution is 7.10. The van der Waals surface area contributed by atoms with Crippen LogP contribution in [-0.4, -0.2) is 11.7 Å². The van der Waals surface area contributed by atoms with Crippen molar-refractivity contribution in [2.24, 2.45) is 0 Å². The SMILES string of the molecule is Cc1ccsc1CNCC(C)(O)c1cccs1. The van der Waals surface area contributed by atoms with Gasteiger partial charge in [0.1, 0.15) is 5.60 Å². The van der Waals surface area contributed by atoms with Crippen LogP contribution in [0.25, 0.3) is 0 Å². The number of thiophene rings is 2. The fourth-order valence-electron chi connectivity index (χ4n) is 1.68. The van der Waals surface area contributed by atoms with Crippen molar-refractivity contribution in [2.75, 3.05) is 6.54 Å². The first-order chi connectivity index (χ1) is 8.09. The molecule has 2 aromatic rings. The Bertz CT molecular complexity index is 459. The van der Waals surface area contributed by atoms with E-state index in [2.05, 4.69) is 23.7 Å². The van der Waals surface area contributed by atoms with E-state index in [-0.39, 0.29) is 0 Å². The van der Waals surface area contributed by atoms with Gasteiger partial charge in [0.15, 0.2) is 0 Å². The normalized spacial score (nSPS) is 14.8. The fourth-order valence-corrected chi connectivity index (χ4v) is 3.34. The number of aliphatic hydroxyl groups is 1. The van der Waals surface area contributed by atoms with Gasteiger partial charge in [-0.3, -0.25) is 0 Å². The number of hydrogen-bond acceptors (Lipinski definition) is 4. The first-order valence-electron chi connectivity index (χ1n) is 5.59. The number of aryl methyl sites for hydroxylation is 1. The Balaban J connectivity index is 1.88. The van der Waals surface area contributed by atoms with Gasteiger partial charge in [0.2, 0.25) is 0 Å².